The molecule has 2 rings (SSSR count). The van der Waals surface area contributed by atoms with Gasteiger partial charge in [-0.15, -0.1) is 0 Å². The second-order valence-electron chi connectivity index (χ2n) is 11.6. The summed E-state index contributed by atoms with van der Waals surface area (Å²) >= 11 is 0. The molecule has 1 fully saturated rings. The molecule has 0 saturated carbocycles. The summed E-state index contributed by atoms with van der Waals surface area (Å²) in [6.45, 7) is 7.11. The number of rotatable bonds is 20. The Morgan fingerprint density at radius 1 is 0.875 bits per heavy atom. The van der Waals surface area contributed by atoms with Crippen molar-refractivity contribution in [3.63, 3.8) is 0 Å². The Balaban J connectivity index is 1.51. The van der Waals surface area contributed by atoms with Crippen LogP contribution in [0.3, 0.4) is 0 Å². The summed E-state index contributed by atoms with van der Waals surface area (Å²) in [4.78, 5) is 25.0. The van der Waals surface area contributed by atoms with E-state index in [9.17, 15) is 9.59 Å². The molecule has 0 bridgehead atoms. The van der Waals surface area contributed by atoms with Gasteiger partial charge in [0, 0.05) is 0 Å². The van der Waals surface area contributed by atoms with Crippen LogP contribution in [0.25, 0.3) is 0 Å². The van der Waals surface area contributed by atoms with Crippen LogP contribution < -0.4 is 5.32 Å². The van der Waals surface area contributed by atoms with Crippen LogP contribution in [0.15, 0.2) is 42.5 Å². The van der Waals surface area contributed by atoms with Gasteiger partial charge >= 0.3 is 12.1 Å². The average molecular weight is 560 g/mol. The molecule has 1 aromatic rings. The third-order valence-electron chi connectivity index (χ3n) is 6.74. The minimum absolute atomic E-state index is 0.0581. The highest BCUT2D eigenvalue weighted by molar-refractivity contribution is 5.81. The molecule has 1 N–H and O–H groups in total. The molecule has 1 amide bonds. The topological polar surface area (TPSA) is 83.1 Å². The first-order chi connectivity index (χ1) is 19.3. The van der Waals surface area contributed by atoms with E-state index in [2.05, 4.69) is 11.4 Å². The molecule has 40 heavy (non-hydrogen) atoms. The lowest BCUT2D eigenvalue weighted by Gasteiger charge is -2.24. The Kier molecular flexibility index (Phi) is 17.3. The van der Waals surface area contributed by atoms with Crippen molar-refractivity contribution < 1.29 is 28.5 Å². The van der Waals surface area contributed by atoms with Crippen molar-refractivity contribution in [1.29, 1.82) is 0 Å². The lowest BCUT2D eigenvalue weighted by molar-refractivity contribution is -0.157. The molecule has 0 aliphatic carbocycles. The largest absolute Gasteiger partial charge is 0.458 e. The maximum absolute atomic E-state index is 12.7. The van der Waals surface area contributed by atoms with Crippen molar-refractivity contribution in [2.24, 2.45) is 0 Å². The van der Waals surface area contributed by atoms with Crippen molar-refractivity contribution >= 4 is 12.1 Å². The average Bonchev–Trinajstić information content (AvgIpc) is 3.44. The summed E-state index contributed by atoms with van der Waals surface area (Å²) in [6, 6.07) is 8.67. The normalized spacial score (nSPS) is 14.9. The highest BCUT2D eigenvalue weighted by Crippen LogP contribution is 2.16. The van der Waals surface area contributed by atoms with Crippen LogP contribution in [0.2, 0.25) is 0 Å². The molecule has 1 saturated heterocycles. The summed E-state index contributed by atoms with van der Waals surface area (Å²) in [5, 5.41) is 2.67. The Labute approximate surface area is 242 Å². The second-order valence-corrected chi connectivity index (χ2v) is 11.6. The standard InChI is InChI=1S/C33H53NO6/c1-33(2,3)40-31(35)29(34-32(36)39-27-28-21-17-16-18-22-28)23-19-14-12-10-8-6-4-5-7-9-11-13-15-20-24-30-37-25-26-38-30/h14,16-19,21-22,29-30H,4-13,15,20,23-27H2,1-3H3,(H,34,36)/t29-/m0/s1. The lowest BCUT2D eigenvalue weighted by atomic mass is 10.0. The first kappa shape index (κ1) is 33.8. The minimum atomic E-state index is -0.783. The fourth-order valence-electron chi connectivity index (χ4n) is 4.58. The number of esters is 1. The van der Waals surface area contributed by atoms with E-state index in [-0.39, 0.29) is 12.9 Å². The van der Waals surface area contributed by atoms with Crippen LogP contribution >= 0.6 is 0 Å². The maximum Gasteiger partial charge on any atom is 0.408 e. The van der Waals surface area contributed by atoms with Gasteiger partial charge in [-0.05, 0) is 58.4 Å². The Bertz CT molecular complexity index is 829. The molecule has 226 valence electrons. The van der Waals surface area contributed by atoms with E-state index < -0.39 is 23.7 Å². The maximum atomic E-state index is 12.7. The Morgan fingerprint density at radius 2 is 1.45 bits per heavy atom. The molecule has 1 heterocycles. The van der Waals surface area contributed by atoms with Crippen LogP contribution in [-0.4, -0.2) is 43.2 Å². The van der Waals surface area contributed by atoms with E-state index in [1.54, 1.807) is 0 Å². The van der Waals surface area contributed by atoms with E-state index in [1.807, 2.05) is 57.2 Å². The first-order valence-corrected chi connectivity index (χ1v) is 15.4. The number of amides is 1. The van der Waals surface area contributed by atoms with Crippen molar-refractivity contribution in [2.45, 2.75) is 135 Å². The monoisotopic (exact) mass is 559 g/mol. The number of benzene rings is 1. The molecule has 7 heteroatoms. The van der Waals surface area contributed by atoms with Gasteiger partial charge in [0.05, 0.1) is 13.2 Å². The molecule has 0 aromatic heterocycles. The summed E-state index contributed by atoms with van der Waals surface area (Å²) < 4.78 is 21.8. The number of nitrogens with one attached hydrogen (secondary N) is 1. The number of hydrogen-bond acceptors (Lipinski definition) is 6. The molecule has 0 unspecified atom stereocenters. The second kappa shape index (κ2) is 20.5. The van der Waals surface area contributed by atoms with E-state index in [4.69, 9.17) is 18.9 Å². The predicted molar refractivity (Wildman–Crippen MR) is 159 cm³/mol. The van der Waals surface area contributed by atoms with Gasteiger partial charge in [0.2, 0.25) is 0 Å². The number of hydrogen-bond donors (Lipinski definition) is 1. The summed E-state index contributed by atoms with van der Waals surface area (Å²) in [7, 11) is 0. The zero-order valence-corrected chi connectivity index (χ0v) is 25.2. The zero-order chi connectivity index (χ0) is 28.9. The van der Waals surface area contributed by atoms with Crippen molar-refractivity contribution in [3.05, 3.63) is 48.0 Å². The minimum Gasteiger partial charge on any atom is -0.458 e. The summed E-state index contributed by atoms with van der Waals surface area (Å²) in [5.74, 6) is -0.456. The summed E-state index contributed by atoms with van der Waals surface area (Å²) in [6.07, 6.45) is 19.9. The van der Waals surface area contributed by atoms with Gasteiger partial charge in [-0.25, -0.2) is 9.59 Å². The Hall–Kier alpha value is -2.38. The highest BCUT2D eigenvalue weighted by atomic mass is 16.7. The molecule has 1 atom stereocenters. The molecule has 0 radical (unpaired) electrons. The number of alkyl carbamates (subject to hydrolysis) is 1. The van der Waals surface area contributed by atoms with Gasteiger partial charge in [-0.3, -0.25) is 0 Å². The smallest absolute Gasteiger partial charge is 0.408 e. The van der Waals surface area contributed by atoms with Crippen molar-refractivity contribution in [1.82, 2.24) is 5.32 Å². The molecular weight excluding hydrogens is 506 g/mol. The van der Waals surface area contributed by atoms with E-state index in [0.29, 0.717) is 6.42 Å². The van der Waals surface area contributed by atoms with E-state index >= 15 is 0 Å². The van der Waals surface area contributed by atoms with Gasteiger partial charge in [0.1, 0.15) is 18.2 Å². The molecule has 1 aliphatic rings. The number of carbonyl (C=O) groups is 2. The number of unbranched alkanes of at least 4 members (excludes halogenated alkanes) is 11. The Morgan fingerprint density at radius 3 is 2.05 bits per heavy atom. The van der Waals surface area contributed by atoms with Crippen LogP contribution in [0, 0.1) is 0 Å². The highest BCUT2D eigenvalue weighted by Gasteiger charge is 2.26. The first-order valence-electron chi connectivity index (χ1n) is 15.4. The van der Waals surface area contributed by atoms with E-state index in [0.717, 1.165) is 38.0 Å². The number of carbonyl (C=O) groups excluding carboxylic acids is 2. The van der Waals surface area contributed by atoms with Gasteiger partial charge in [0.25, 0.3) is 0 Å². The van der Waals surface area contributed by atoms with Gasteiger partial charge in [-0.1, -0.05) is 100 Å². The molecule has 0 spiro atoms. The fraction of sp³-hybridized carbons (Fsp3) is 0.697. The quantitative estimate of drug-likeness (QED) is 0.0989. The van der Waals surface area contributed by atoms with Gasteiger partial charge < -0.3 is 24.3 Å². The molecule has 1 aliphatic heterocycles. The van der Waals surface area contributed by atoms with Crippen molar-refractivity contribution in [3.8, 4) is 0 Å². The van der Waals surface area contributed by atoms with Crippen LogP contribution in [0.4, 0.5) is 4.79 Å². The fourth-order valence-corrected chi connectivity index (χ4v) is 4.58. The van der Waals surface area contributed by atoms with Gasteiger partial charge in [-0.2, -0.15) is 0 Å². The van der Waals surface area contributed by atoms with Gasteiger partial charge in [0.15, 0.2) is 6.29 Å². The SMILES string of the molecule is CC(C)(C)OC(=O)[C@H](CC=CCCCCCCCCCCCCCC1OCCO1)NC(=O)OCc1ccccc1. The third-order valence-corrected chi connectivity index (χ3v) is 6.74. The predicted octanol–water partition coefficient (Wildman–Crippen LogP) is 8.01. The zero-order valence-electron chi connectivity index (χ0n) is 25.2. The van der Waals surface area contributed by atoms with Crippen LogP contribution in [0.1, 0.15) is 116 Å². The number of ether oxygens (including phenoxy) is 4. The van der Waals surface area contributed by atoms with Crippen molar-refractivity contribution in [2.75, 3.05) is 13.2 Å². The molecular formula is C33H53NO6. The molecule has 7 nitrogen and oxygen atoms in total. The third kappa shape index (κ3) is 17.3. The van der Waals surface area contributed by atoms with Crippen LogP contribution in [-0.2, 0) is 30.3 Å². The summed E-state index contributed by atoms with van der Waals surface area (Å²) in [5.41, 5.74) is 0.258. The van der Waals surface area contributed by atoms with E-state index in [1.165, 1.54) is 64.2 Å². The molecule has 1 aromatic carbocycles. The lowest BCUT2D eigenvalue weighted by Crippen LogP contribution is -2.44. The number of allylic oxidation sites excluding steroid dienone is 1. The van der Waals surface area contributed by atoms with Crippen LogP contribution in [0.5, 0.6) is 0 Å².